The molecule has 2 rings (SSSR count). The number of benzene rings is 2. The zero-order chi connectivity index (χ0) is 16.7. The Morgan fingerprint density at radius 2 is 1.91 bits per heavy atom. The van der Waals surface area contributed by atoms with Crippen molar-refractivity contribution in [1.82, 2.24) is 5.32 Å². The van der Waals surface area contributed by atoms with Crippen LogP contribution >= 0.6 is 11.6 Å². The Hall–Kier alpha value is -1.55. The van der Waals surface area contributed by atoms with Crippen LogP contribution in [0.5, 0.6) is 5.75 Å². The lowest BCUT2D eigenvalue weighted by Gasteiger charge is -2.17. The molecule has 3 nitrogen and oxygen atoms in total. The maximum absolute atomic E-state index is 9.28. The van der Waals surface area contributed by atoms with E-state index in [0.29, 0.717) is 18.2 Å². The first-order valence-corrected chi connectivity index (χ1v) is 8.31. The number of aliphatic hydroxyl groups is 1. The SMILES string of the molecule is CC[C@H](CO)NCc1cc(Cl)ccc1OCc1ccc(C)cc1. The minimum Gasteiger partial charge on any atom is -0.489 e. The van der Waals surface area contributed by atoms with Gasteiger partial charge < -0.3 is 15.2 Å². The number of hydrogen-bond donors (Lipinski definition) is 2. The molecule has 0 spiro atoms. The number of halogens is 1. The largest absolute Gasteiger partial charge is 0.489 e. The molecule has 0 bridgehead atoms. The highest BCUT2D eigenvalue weighted by molar-refractivity contribution is 6.30. The summed E-state index contributed by atoms with van der Waals surface area (Å²) in [6.07, 6.45) is 0.872. The molecular weight excluding hydrogens is 310 g/mol. The average molecular weight is 334 g/mol. The number of aryl methyl sites for hydroxylation is 1. The number of ether oxygens (including phenoxy) is 1. The van der Waals surface area contributed by atoms with Gasteiger partial charge in [-0.15, -0.1) is 0 Å². The number of aliphatic hydroxyl groups excluding tert-OH is 1. The van der Waals surface area contributed by atoms with Crippen molar-refractivity contribution in [3.63, 3.8) is 0 Å². The molecule has 0 saturated carbocycles. The Kier molecular flexibility index (Phi) is 6.90. The van der Waals surface area contributed by atoms with Crippen molar-refractivity contribution < 1.29 is 9.84 Å². The van der Waals surface area contributed by atoms with Crippen LogP contribution in [0.25, 0.3) is 0 Å². The molecule has 0 amide bonds. The third-order valence-corrected chi connectivity index (χ3v) is 4.07. The van der Waals surface area contributed by atoms with Gasteiger partial charge in [-0.3, -0.25) is 0 Å². The summed E-state index contributed by atoms with van der Waals surface area (Å²) in [5.74, 6) is 0.815. The van der Waals surface area contributed by atoms with Gasteiger partial charge in [-0.2, -0.15) is 0 Å². The standard InChI is InChI=1S/C19H24ClNO2/c1-3-18(12-22)21-11-16-10-17(20)8-9-19(16)23-13-15-6-4-14(2)5-7-15/h4-10,18,21-22H,3,11-13H2,1-2H3/t18-/m1/s1. The maximum Gasteiger partial charge on any atom is 0.124 e. The van der Waals surface area contributed by atoms with E-state index in [4.69, 9.17) is 16.3 Å². The van der Waals surface area contributed by atoms with E-state index in [1.807, 2.05) is 25.1 Å². The topological polar surface area (TPSA) is 41.5 Å². The first kappa shape index (κ1) is 17.8. The van der Waals surface area contributed by atoms with Crippen LogP contribution in [0.15, 0.2) is 42.5 Å². The van der Waals surface area contributed by atoms with Gasteiger partial charge in [0.05, 0.1) is 6.61 Å². The van der Waals surface area contributed by atoms with Crippen molar-refractivity contribution >= 4 is 11.6 Å². The second-order valence-corrected chi connectivity index (χ2v) is 6.13. The van der Waals surface area contributed by atoms with Crippen molar-refractivity contribution in [3.05, 3.63) is 64.2 Å². The fraction of sp³-hybridized carbons (Fsp3) is 0.368. The molecule has 0 aliphatic heterocycles. The molecule has 23 heavy (non-hydrogen) atoms. The van der Waals surface area contributed by atoms with Crippen molar-refractivity contribution in [2.24, 2.45) is 0 Å². The van der Waals surface area contributed by atoms with Crippen LogP contribution in [-0.2, 0) is 13.2 Å². The molecular formula is C19H24ClNO2. The fourth-order valence-electron chi connectivity index (χ4n) is 2.26. The summed E-state index contributed by atoms with van der Waals surface area (Å²) in [5.41, 5.74) is 3.36. The van der Waals surface area contributed by atoms with E-state index >= 15 is 0 Å². The average Bonchev–Trinajstić information content (AvgIpc) is 2.56. The molecule has 2 aromatic rings. The summed E-state index contributed by atoms with van der Waals surface area (Å²) in [5, 5.41) is 13.3. The summed E-state index contributed by atoms with van der Waals surface area (Å²) < 4.78 is 5.96. The van der Waals surface area contributed by atoms with Gasteiger partial charge in [0.1, 0.15) is 12.4 Å². The zero-order valence-corrected chi connectivity index (χ0v) is 14.4. The smallest absolute Gasteiger partial charge is 0.124 e. The highest BCUT2D eigenvalue weighted by Gasteiger charge is 2.09. The molecule has 1 atom stereocenters. The van der Waals surface area contributed by atoms with E-state index in [2.05, 4.69) is 36.5 Å². The Morgan fingerprint density at radius 3 is 2.57 bits per heavy atom. The monoisotopic (exact) mass is 333 g/mol. The summed E-state index contributed by atoms with van der Waals surface area (Å²) in [4.78, 5) is 0. The van der Waals surface area contributed by atoms with E-state index in [1.54, 1.807) is 0 Å². The quantitative estimate of drug-likeness (QED) is 0.764. The van der Waals surface area contributed by atoms with Crippen LogP contribution in [0.1, 0.15) is 30.0 Å². The summed E-state index contributed by atoms with van der Waals surface area (Å²) in [6, 6.07) is 14.0. The lowest BCUT2D eigenvalue weighted by molar-refractivity contribution is 0.237. The Labute approximate surface area is 143 Å². The second kappa shape index (κ2) is 8.92. The third-order valence-electron chi connectivity index (χ3n) is 3.83. The molecule has 4 heteroatoms. The normalized spacial score (nSPS) is 12.2. The van der Waals surface area contributed by atoms with E-state index in [-0.39, 0.29) is 12.6 Å². The summed E-state index contributed by atoms with van der Waals surface area (Å²) in [7, 11) is 0. The summed E-state index contributed by atoms with van der Waals surface area (Å²) in [6.45, 7) is 5.37. The van der Waals surface area contributed by atoms with Gasteiger partial charge in [-0.05, 0) is 37.1 Å². The zero-order valence-electron chi connectivity index (χ0n) is 13.7. The summed E-state index contributed by atoms with van der Waals surface area (Å²) >= 11 is 6.10. The first-order valence-electron chi connectivity index (χ1n) is 7.93. The minimum atomic E-state index is 0.0823. The van der Waals surface area contributed by atoms with Gasteiger partial charge in [0.2, 0.25) is 0 Å². The van der Waals surface area contributed by atoms with Gasteiger partial charge >= 0.3 is 0 Å². The van der Waals surface area contributed by atoms with Crippen LogP contribution in [0.4, 0.5) is 0 Å². The molecule has 0 aliphatic carbocycles. The molecule has 0 heterocycles. The van der Waals surface area contributed by atoms with Gasteiger partial charge in [-0.1, -0.05) is 48.4 Å². The van der Waals surface area contributed by atoms with E-state index in [0.717, 1.165) is 23.3 Å². The predicted octanol–water partition coefficient (Wildman–Crippen LogP) is 4.09. The second-order valence-electron chi connectivity index (χ2n) is 5.69. The number of rotatable bonds is 8. The van der Waals surface area contributed by atoms with Crippen molar-refractivity contribution in [1.29, 1.82) is 0 Å². The van der Waals surface area contributed by atoms with Crippen LogP contribution in [0.2, 0.25) is 5.02 Å². The van der Waals surface area contributed by atoms with Crippen LogP contribution < -0.4 is 10.1 Å². The Morgan fingerprint density at radius 1 is 1.17 bits per heavy atom. The van der Waals surface area contributed by atoms with E-state index in [9.17, 15) is 5.11 Å². The van der Waals surface area contributed by atoms with E-state index < -0.39 is 0 Å². The number of hydrogen-bond acceptors (Lipinski definition) is 3. The fourth-order valence-corrected chi connectivity index (χ4v) is 2.46. The van der Waals surface area contributed by atoms with Gasteiger partial charge in [0.25, 0.3) is 0 Å². The molecule has 0 radical (unpaired) electrons. The van der Waals surface area contributed by atoms with Gasteiger partial charge in [0.15, 0.2) is 0 Å². The highest BCUT2D eigenvalue weighted by Crippen LogP contribution is 2.24. The van der Waals surface area contributed by atoms with Gasteiger partial charge in [0, 0.05) is 23.2 Å². The molecule has 2 aromatic carbocycles. The Balaban J connectivity index is 2.04. The molecule has 0 aromatic heterocycles. The molecule has 124 valence electrons. The van der Waals surface area contributed by atoms with Crippen LogP contribution in [0, 0.1) is 6.92 Å². The van der Waals surface area contributed by atoms with E-state index in [1.165, 1.54) is 5.56 Å². The maximum atomic E-state index is 9.28. The molecule has 0 saturated heterocycles. The van der Waals surface area contributed by atoms with Crippen LogP contribution in [0.3, 0.4) is 0 Å². The van der Waals surface area contributed by atoms with Gasteiger partial charge in [-0.25, -0.2) is 0 Å². The number of nitrogens with one attached hydrogen (secondary N) is 1. The predicted molar refractivity (Wildman–Crippen MR) is 95.0 cm³/mol. The van der Waals surface area contributed by atoms with Crippen molar-refractivity contribution in [3.8, 4) is 5.75 Å². The minimum absolute atomic E-state index is 0.0823. The third kappa shape index (κ3) is 5.54. The lowest BCUT2D eigenvalue weighted by Crippen LogP contribution is -2.31. The Bertz CT molecular complexity index is 609. The van der Waals surface area contributed by atoms with Crippen LogP contribution in [-0.4, -0.2) is 17.8 Å². The first-order chi connectivity index (χ1) is 11.1. The molecule has 0 aliphatic rings. The van der Waals surface area contributed by atoms with Crippen molar-refractivity contribution in [2.75, 3.05) is 6.61 Å². The highest BCUT2D eigenvalue weighted by atomic mass is 35.5. The van der Waals surface area contributed by atoms with Crippen molar-refractivity contribution in [2.45, 2.75) is 39.5 Å². The lowest BCUT2D eigenvalue weighted by atomic mass is 10.1. The molecule has 0 fully saturated rings. The molecule has 2 N–H and O–H groups in total. The molecule has 0 unspecified atom stereocenters.